The lowest BCUT2D eigenvalue weighted by Gasteiger charge is -2.38. The standard InChI is InChI=1S/C37H36N4O6/c1-44-30-11-10-25-21-32(30)46-17-5-15-38-34(42)12-9-23-6-3-8-27(18-23)47-33-20-24-13-16-41(35(25)28(24)22-31(33)45-2)37(43)29-19-26-7-4-14-39-36(26)40-29/h3-4,6-8,10-11,14,18-22,35H,5,9,12-13,15-17H2,1-2H3,(H,38,42)(H,39,40). The van der Waals surface area contributed by atoms with Gasteiger partial charge >= 0.3 is 0 Å². The number of amides is 2. The summed E-state index contributed by atoms with van der Waals surface area (Å²) in [5, 5.41) is 3.85. The van der Waals surface area contributed by atoms with Crippen LogP contribution in [0.3, 0.4) is 0 Å². The molecule has 0 spiro atoms. The maximum Gasteiger partial charge on any atom is 0.271 e. The SMILES string of the molecule is COc1ccc2cc1OCCCNC(=O)CCc1cccc(c1)Oc1cc3c(cc1OC)C2N(C(=O)c1cc2cccnc2[nH]1)CC3. The molecule has 0 radical (unpaired) electrons. The third kappa shape index (κ3) is 6.18. The molecule has 10 nitrogen and oxygen atoms in total. The van der Waals surface area contributed by atoms with Crippen LogP contribution in [0.2, 0.25) is 0 Å². The number of methoxy groups -OCH3 is 2. The quantitative estimate of drug-likeness (QED) is 0.251. The van der Waals surface area contributed by atoms with Crippen LogP contribution in [-0.4, -0.2) is 60.6 Å². The van der Waals surface area contributed by atoms with Crippen LogP contribution in [0, 0.1) is 0 Å². The third-order valence-electron chi connectivity index (χ3n) is 8.71. The zero-order valence-electron chi connectivity index (χ0n) is 26.4. The van der Waals surface area contributed by atoms with Gasteiger partial charge in [-0.3, -0.25) is 9.59 Å². The minimum Gasteiger partial charge on any atom is -0.493 e. The van der Waals surface area contributed by atoms with Crippen LogP contribution in [0.1, 0.15) is 51.6 Å². The number of aromatic nitrogens is 2. The van der Waals surface area contributed by atoms with Gasteiger partial charge in [-0.25, -0.2) is 4.98 Å². The molecule has 5 heterocycles. The molecular formula is C37H36N4O6. The molecule has 2 amide bonds. The monoisotopic (exact) mass is 632 g/mol. The fraction of sp³-hybridized carbons (Fsp3) is 0.270. The van der Waals surface area contributed by atoms with E-state index in [4.69, 9.17) is 18.9 Å². The number of rotatable bonds is 3. The second-order valence-electron chi connectivity index (χ2n) is 11.7. The van der Waals surface area contributed by atoms with Crippen LogP contribution < -0.4 is 24.3 Å². The van der Waals surface area contributed by atoms with E-state index in [1.807, 2.05) is 77.7 Å². The van der Waals surface area contributed by atoms with Crippen molar-refractivity contribution in [2.45, 2.75) is 31.7 Å². The van der Waals surface area contributed by atoms with Gasteiger partial charge in [0.1, 0.15) is 17.1 Å². The second kappa shape index (κ2) is 13.1. The zero-order valence-corrected chi connectivity index (χ0v) is 26.4. The Labute approximate surface area is 272 Å². The van der Waals surface area contributed by atoms with Crippen LogP contribution in [0.4, 0.5) is 0 Å². The van der Waals surface area contributed by atoms with Crippen molar-refractivity contribution in [3.63, 3.8) is 0 Å². The molecule has 8 bridgehead atoms. The minimum absolute atomic E-state index is 0.0207. The van der Waals surface area contributed by atoms with E-state index in [1.54, 1.807) is 20.4 Å². The number of nitrogens with one attached hydrogen (secondary N) is 2. The fourth-order valence-electron chi connectivity index (χ4n) is 6.37. The molecule has 47 heavy (non-hydrogen) atoms. The average Bonchev–Trinajstić information content (AvgIpc) is 3.54. The van der Waals surface area contributed by atoms with E-state index in [-0.39, 0.29) is 11.8 Å². The number of aryl methyl sites for hydroxylation is 1. The number of H-pyrrole nitrogens is 1. The molecular weight excluding hydrogens is 596 g/mol. The number of hydrogen-bond acceptors (Lipinski definition) is 7. The van der Waals surface area contributed by atoms with E-state index in [2.05, 4.69) is 15.3 Å². The smallest absolute Gasteiger partial charge is 0.271 e. The Hall–Kier alpha value is -5.51. The van der Waals surface area contributed by atoms with Gasteiger partial charge in [-0.2, -0.15) is 0 Å². The molecule has 8 rings (SSSR count). The van der Waals surface area contributed by atoms with Crippen molar-refractivity contribution in [1.82, 2.24) is 20.2 Å². The summed E-state index contributed by atoms with van der Waals surface area (Å²) in [4.78, 5) is 36.3. The van der Waals surface area contributed by atoms with Crippen LogP contribution in [0.15, 0.2) is 79.0 Å². The molecule has 1 unspecified atom stereocenters. The molecule has 2 aromatic heterocycles. The predicted molar refractivity (Wildman–Crippen MR) is 177 cm³/mol. The third-order valence-corrected chi connectivity index (χ3v) is 8.71. The fourth-order valence-corrected chi connectivity index (χ4v) is 6.37. The van der Waals surface area contributed by atoms with Crippen molar-refractivity contribution in [2.75, 3.05) is 33.9 Å². The number of fused-ring (bicyclic) bond motifs is 9. The number of benzene rings is 3. The van der Waals surface area contributed by atoms with Gasteiger partial charge in [0, 0.05) is 31.1 Å². The van der Waals surface area contributed by atoms with Gasteiger partial charge in [0.25, 0.3) is 5.91 Å². The van der Waals surface area contributed by atoms with Crippen LogP contribution in [0.5, 0.6) is 28.7 Å². The Balaban J connectivity index is 1.34. The first kappa shape index (κ1) is 30.2. The molecule has 0 saturated carbocycles. The maximum atomic E-state index is 14.3. The molecule has 0 saturated heterocycles. The molecule has 240 valence electrons. The van der Waals surface area contributed by atoms with E-state index < -0.39 is 6.04 Å². The molecule has 5 aromatic rings. The number of aromatic amines is 1. The molecule has 0 fully saturated rings. The van der Waals surface area contributed by atoms with Gasteiger partial charge in [0.15, 0.2) is 23.0 Å². The Morgan fingerprint density at radius 3 is 2.68 bits per heavy atom. The van der Waals surface area contributed by atoms with Crippen molar-refractivity contribution in [2.24, 2.45) is 0 Å². The van der Waals surface area contributed by atoms with Crippen LogP contribution in [-0.2, 0) is 17.6 Å². The number of ether oxygens (including phenoxy) is 4. The highest BCUT2D eigenvalue weighted by atomic mass is 16.5. The Kier molecular flexibility index (Phi) is 8.39. The molecule has 3 aromatic carbocycles. The Morgan fingerprint density at radius 2 is 1.83 bits per heavy atom. The first-order valence-corrected chi connectivity index (χ1v) is 15.8. The van der Waals surface area contributed by atoms with Crippen molar-refractivity contribution in [3.05, 3.63) is 107 Å². The predicted octanol–water partition coefficient (Wildman–Crippen LogP) is 5.99. The summed E-state index contributed by atoms with van der Waals surface area (Å²) in [6, 6.07) is 22.7. The highest BCUT2D eigenvalue weighted by Crippen LogP contribution is 2.44. The summed E-state index contributed by atoms with van der Waals surface area (Å²) in [5.41, 5.74) is 4.97. The number of pyridine rings is 1. The number of carbonyl (C=O) groups excluding carboxylic acids is 2. The van der Waals surface area contributed by atoms with E-state index in [0.29, 0.717) is 85.5 Å². The molecule has 3 aliphatic rings. The lowest BCUT2D eigenvalue weighted by Crippen LogP contribution is -2.40. The lowest BCUT2D eigenvalue weighted by molar-refractivity contribution is -0.121. The summed E-state index contributed by atoms with van der Waals surface area (Å²) in [6.07, 6.45) is 3.89. The molecule has 0 aliphatic carbocycles. The van der Waals surface area contributed by atoms with Gasteiger partial charge in [0.2, 0.25) is 5.91 Å². The Bertz CT molecular complexity index is 1920. The van der Waals surface area contributed by atoms with Gasteiger partial charge < -0.3 is 34.1 Å². The molecule has 10 heteroatoms. The number of carbonyl (C=O) groups is 2. The van der Waals surface area contributed by atoms with Crippen LogP contribution >= 0.6 is 0 Å². The number of nitrogens with zero attached hydrogens (tertiary/aromatic N) is 2. The van der Waals surface area contributed by atoms with Gasteiger partial charge in [-0.05, 0) is 96.1 Å². The summed E-state index contributed by atoms with van der Waals surface area (Å²) in [5.74, 6) is 2.76. The first-order chi connectivity index (χ1) is 23.0. The Morgan fingerprint density at radius 1 is 0.936 bits per heavy atom. The van der Waals surface area contributed by atoms with Gasteiger partial charge in [0.05, 0.1) is 26.9 Å². The average molecular weight is 633 g/mol. The molecule has 1 atom stereocenters. The second-order valence-corrected chi connectivity index (χ2v) is 11.7. The summed E-state index contributed by atoms with van der Waals surface area (Å²) in [6.45, 7) is 1.34. The lowest BCUT2D eigenvalue weighted by atomic mass is 9.87. The summed E-state index contributed by atoms with van der Waals surface area (Å²) < 4.78 is 24.1. The molecule has 3 aliphatic heterocycles. The minimum atomic E-state index is -0.463. The largest absolute Gasteiger partial charge is 0.493 e. The van der Waals surface area contributed by atoms with Gasteiger partial charge in [-0.1, -0.05) is 18.2 Å². The topological polar surface area (TPSA) is 115 Å². The van der Waals surface area contributed by atoms with Crippen molar-refractivity contribution < 1.29 is 28.5 Å². The van der Waals surface area contributed by atoms with E-state index >= 15 is 0 Å². The van der Waals surface area contributed by atoms with E-state index in [0.717, 1.165) is 27.6 Å². The van der Waals surface area contributed by atoms with Gasteiger partial charge in [-0.15, -0.1) is 0 Å². The highest BCUT2D eigenvalue weighted by Gasteiger charge is 2.35. The first-order valence-electron chi connectivity index (χ1n) is 15.8. The van der Waals surface area contributed by atoms with Crippen LogP contribution in [0.25, 0.3) is 11.0 Å². The van der Waals surface area contributed by atoms with E-state index in [9.17, 15) is 9.59 Å². The van der Waals surface area contributed by atoms with E-state index in [1.165, 1.54) is 0 Å². The van der Waals surface area contributed by atoms with Crippen molar-refractivity contribution in [3.8, 4) is 28.7 Å². The normalized spacial score (nSPS) is 16.5. The number of hydrogen-bond donors (Lipinski definition) is 2. The summed E-state index contributed by atoms with van der Waals surface area (Å²) in [7, 11) is 3.21. The van der Waals surface area contributed by atoms with Crippen molar-refractivity contribution in [1.29, 1.82) is 0 Å². The summed E-state index contributed by atoms with van der Waals surface area (Å²) >= 11 is 0. The highest BCUT2D eigenvalue weighted by molar-refractivity contribution is 5.98. The maximum absolute atomic E-state index is 14.3. The molecule has 2 N–H and O–H groups in total. The zero-order chi connectivity index (χ0) is 32.3. The van der Waals surface area contributed by atoms with Crippen molar-refractivity contribution >= 4 is 22.8 Å².